The Morgan fingerprint density at radius 1 is 1.18 bits per heavy atom. The molecular weight excluding hydrogens is 426 g/mol. The van der Waals surface area contributed by atoms with E-state index in [0.29, 0.717) is 37.8 Å². The summed E-state index contributed by atoms with van der Waals surface area (Å²) in [4.78, 5) is 32.5. The number of hydrogen-bond acceptors (Lipinski definition) is 8. The third-order valence-electron chi connectivity index (χ3n) is 5.24. The second-order valence-corrected chi connectivity index (χ2v) is 7.50. The summed E-state index contributed by atoms with van der Waals surface area (Å²) in [5.74, 6) is 0.815. The first-order valence-electron chi connectivity index (χ1n) is 10.5. The first-order valence-corrected chi connectivity index (χ1v) is 10.5. The normalized spacial score (nSPS) is 14.4. The molecule has 0 aliphatic carbocycles. The maximum absolute atomic E-state index is 12.8. The minimum Gasteiger partial charge on any atom is -0.459 e. The number of nitrogens with one attached hydrogen (secondary N) is 1. The molecule has 3 heterocycles. The fourth-order valence-electron chi connectivity index (χ4n) is 3.51. The fraction of sp³-hybridized carbons (Fsp3) is 0.304. The molecule has 1 aliphatic rings. The van der Waals surface area contributed by atoms with Gasteiger partial charge in [0.1, 0.15) is 18.7 Å². The molecule has 2 amide bonds. The third kappa shape index (κ3) is 5.15. The van der Waals surface area contributed by atoms with Crippen LogP contribution in [-0.2, 0) is 16.1 Å². The first kappa shape index (κ1) is 22.0. The van der Waals surface area contributed by atoms with Gasteiger partial charge in [-0.2, -0.15) is 10.2 Å². The second-order valence-electron chi connectivity index (χ2n) is 7.50. The van der Waals surface area contributed by atoms with Crippen molar-refractivity contribution in [2.24, 2.45) is 0 Å². The molecule has 0 bridgehead atoms. The van der Waals surface area contributed by atoms with E-state index < -0.39 is 12.1 Å². The molecule has 10 heteroatoms. The number of nitrogens with zero attached hydrogens (tertiary/aromatic N) is 4. The van der Waals surface area contributed by atoms with Gasteiger partial charge < -0.3 is 28.7 Å². The van der Waals surface area contributed by atoms with Crippen molar-refractivity contribution >= 4 is 17.9 Å². The van der Waals surface area contributed by atoms with E-state index in [-0.39, 0.29) is 24.1 Å². The zero-order valence-electron chi connectivity index (χ0n) is 18.1. The minimum absolute atomic E-state index is 0.130. The highest BCUT2D eigenvalue weighted by molar-refractivity contribution is 5.85. The Hall–Kier alpha value is -4.26. The van der Waals surface area contributed by atoms with Crippen LogP contribution in [0.5, 0.6) is 0 Å². The van der Waals surface area contributed by atoms with Crippen molar-refractivity contribution in [2.45, 2.75) is 19.6 Å². The average Bonchev–Trinajstić information content (AvgIpc) is 3.53. The monoisotopic (exact) mass is 449 g/mol. The lowest BCUT2D eigenvalue weighted by molar-refractivity contribution is -0.133. The summed E-state index contributed by atoms with van der Waals surface area (Å²) in [7, 11) is 0. The molecule has 1 saturated heterocycles. The maximum Gasteiger partial charge on any atom is 0.408 e. The standard InChI is InChI=1S/C23H23N5O5/c1-16(25-23(30)32-15-17-6-3-2-4-7-17)21(29)27-9-11-28(12-10-27)22-18(14-24)26-20(33-22)19-8-5-13-31-19/h2-8,13,16H,9-12,15H2,1H3,(H,25,30)/t16-/m1/s1. The average molecular weight is 449 g/mol. The smallest absolute Gasteiger partial charge is 0.408 e. The molecule has 1 N–H and O–H groups in total. The van der Waals surface area contributed by atoms with Crippen molar-refractivity contribution in [3.63, 3.8) is 0 Å². The number of oxazole rings is 1. The number of carbonyl (C=O) groups excluding carboxylic acids is 2. The van der Waals surface area contributed by atoms with Crippen LogP contribution in [0.1, 0.15) is 18.2 Å². The highest BCUT2D eigenvalue weighted by Gasteiger charge is 2.29. The number of furan rings is 1. The highest BCUT2D eigenvalue weighted by atomic mass is 16.5. The number of ether oxygens (including phenoxy) is 1. The summed E-state index contributed by atoms with van der Waals surface area (Å²) in [6, 6.07) is 14.0. The second kappa shape index (κ2) is 9.91. The van der Waals surface area contributed by atoms with Crippen LogP contribution in [0.2, 0.25) is 0 Å². The molecule has 0 saturated carbocycles. The minimum atomic E-state index is -0.731. The number of nitriles is 1. The number of aromatic nitrogens is 1. The van der Waals surface area contributed by atoms with E-state index >= 15 is 0 Å². The predicted octanol–water partition coefficient (Wildman–Crippen LogP) is 2.77. The third-order valence-corrected chi connectivity index (χ3v) is 5.24. The van der Waals surface area contributed by atoms with E-state index in [4.69, 9.17) is 13.6 Å². The van der Waals surface area contributed by atoms with Crippen LogP contribution < -0.4 is 10.2 Å². The molecular formula is C23H23N5O5. The molecule has 0 radical (unpaired) electrons. The van der Waals surface area contributed by atoms with Gasteiger partial charge in [-0.1, -0.05) is 30.3 Å². The number of hydrogen-bond donors (Lipinski definition) is 1. The molecule has 3 aromatic rings. The van der Waals surface area contributed by atoms with Gasteiger partial charge in [-0.15, -0.1) is 0 Å². The van der Waals surface area contributed by atoms with Crippen LogP contribution in [0.15, 0.2) is 57.6 Å². The quantitative estimate of drug-likeness (QED) is 0.609. The summed E-state index contributed by atoms with van der Waals surface area (Å²) in [5, 5.41) is 12.0. The summed E-state index contributed by atoms with van der Waals surface area (Å²) in [6.07, 6.45) is 0.853. The molecule has 4 rings (SSSR count). The lowest BCUT2D eigenvalue weighted by Gasteiger charge is -2.35. The van der Waals surface area contributed by atoms with Gasteiger partial charge in [0.05, 0.1) is 6.26 Å². The van der Waals surface area contributed by atoms with Gasteiger partial charge in [0.25, 0.3) is 5.89 Å². The van der Waals surface area contributed by atoms with Gasteiger partial charge in [0, 0.05) is 26.2 Å². The number of benzene rings is 1. The van der Waals surface area contributed by atoms with E-state index in [9.17, 15) is 14.9 Å². The van der Waals surface area contributed by atoms with Crippen LogP contribution in [-0.4, -0.2) is 54.1 Å². The van der Waals surface area contributed by atoms with Gasteiger partial charge in [-0.3, -0.25) is 4.79 Å². The maximum atomic E-state index is 12.8. The largest absolute Gasteiger partial charge is 0.459 e. The van der Waals surface area contributed by atoms with Crippen molar-refractivity contribution in [3.05, 3.63) is 60.0 Å². The Labute approximate surface area is 190 Å². The van der Waals surface area contributed by atoms with Crippen molar-refractivity contribution in [1.29, 1.82) is 5.26 Å². The Bertz CT molecular complexity index is 1130. The molecule has 1 fully saturated rings. The molecule has 1 atom stereocenters. The van der Waals surface area contributed by atoms with Crippen molar-refractivity contribution in [2.75, 3.05) is 31.1 Å². The van der Waals surface area contributed by atoms with E-state index in [1.807, 2.05) is 41.3 Å². The molecule has 0 spiro atoms. The van der Waals surface area contributed by atoms with Gasteiger partial charge in [-0.05, 0) is 24.6 Å². The summed E-state index contributed by atoms with van der Waals surface area (Å²) >= 11 is 0. The molecule has 0 unspecified atom stereocenters. The number of amides is 2. The van der Waals surface area contributed by atoms with Gasteiger partial charge in [-0.25, -0.2) is 4.79 Å². The Morgan fingerprint density at radius 3 is 2.61 bits per heavy atom. The van der Waals surface area contributed by atoms with Gasteiger partial charge in [0.2, 0.25) is 17.5 Å². The summed E-state index contributed by atoms with van der Waals surface area (Å²) in [5.41, 5.74) is 1.03. The van der Waals surface area contributed by atoms with Crippen LogP contribution in [0, 0.1) is 11.3 Å². The van der Waals surface area contributed by atoms with E-state index in [1.54, 1.807) is 24.0 Å². The van der Waals surface area contributed by atoms with Gasteiger partial charge in [0.15, 0.2) is 5.76 Å². The van der Waals surface area contributed by atoms with Crippen molar-refractivity contribution < 1.29 is 23.2 Å². The predicted molar refractivity (Wildman–Crippen MR) is 117 cm³/mol. The van der Waals surface area contributed by atoms with Crippen LogP contribution in [0.4, 0.5) is 10.7 Å². The Kier molecular flexibility index (Phi) is 6.59. The zero-order chi connectivity index (χ0) is 23.2. The Balaban J connectivity index is 1.29. The lowest BCUT2D eigenvalue weighted by atomic mass is 10.2. The van der Waals surface area contributed by atoms with Crippen LogP contribution in [0.3, 0.4) is 0 Å². The Morgan fingerprint density at radius 2 is 1.94 bits per heavy atom. The van der Waals surface area contributed by atoms with E-state index in [1.165, 1.54) is 6.26 Å². The number of anilines is 1. The van der Waals surface area contributed by atoms with Crippen molar-refractivity contribution in [1.82, 2.24) is 15.2 Å². The highest BCUT2D eigenvalue weighted by Crippen LogP contribution is 2.29. The SMILES string of the molecule is C[C@@H](NC(=O)OCc1ccccc1)C(=O)N1CCN(c2oc(-c3ccco3)nc2C#N)CC1. The zero-order valence-corrected chi connectivity index (χ0v) is 18.1. The number of piperazine rings is 1. The van der Waals surface area contributed by atoms with Gasteiger partial charge >= 0.3 is 6.09 Å². The number of rotatable bonds is 6. The number of carbonyl (C=O) groups is 2. The first-order chi connectivity index (χ1) is 16.0. The molecule has 170 valence electrons. The molecule has 2 aromatic heterocycles. The van der Waals surface area contributed by atoms with Crippen molar-refractivity contribution in [3.8, 4) is 17.7 Å². The van der Waals surface area contributed by atoms with E-state index in [2.05, 4.69) is 10.3 Å². The topological polar surface area (TPSA) is 125 Å². The van der Waals surface area contributed by atoms with Crippen LogP contribution in [0.25, 0.3) is 11.7 Å². The summed E-state index contributed by atoms with van der Waals surface area (Å²) in [6.45, 7) is 3.48. The molecule has 10 nitrogen and oxygen atoms in total. The summed E-state index contributed by atoms with van der Waals surface area (Å²) < 4.78 is 16.2. The van der Waals surface area contributed by atoms with E-state index in [0.717, 1.165) is 5.56 Å². The molecule has 33 heavy (non-hydrogen) atoms. The fourth-order valence-corrected chi connectivity index (χ4v) is 3.51. The molecule has 1 aliphatic heterocycles. The molecule has 1 aromatic carbocycles. The van der Waals surface area contributed by atoms with Crippen LogP contribution >= 0.6 is 0 Å². The lowest BCUT2D eigenvalue weighted by Crippen LogP contribution is -2.54. The number of alkyl carbamates (subject to hydrolysis) is 1.